The lowest BCUT2D eigenvalue weighted by atomic mass is 9.85. The van der Waals surface area contributed by atoms with E-state index in [0.29, 0.717) is 18.3 Å². The molecule has 0 amide bonds. The van der Waals surface area contributed by atoms with Gasteiger partial charge in [0, 0.05) is 16.8 Å². The number of anilines is 1. The van der Waals surface area contributed by atoms with E-state index in [2.05, 4.69) is 27.5 Å². The van der Waals surface area contributed by atoms with Gasteiger partial charge in [-0.2, -0.15) is 4.98 Å². The van der Waals surface area contributed by atoms with Crippen LogP contribution in [0.15, 0.2) is 36.5 Å². The van der Waals surface area contributed by atoms with Gasteiger partial charge in [-0.05, 0) is 43.2 Å². The van der Waals surface area contributed by atoms with E-state index in [-0.39, 0.29) is 11.5 Å². The molecule has 0 saturated heterocycles. The molecule has 1 fully saturated rings. The van der Waals surface area contributed by atoms with Crippen LogP contribution in [0.1, 0.15) is 38.3 Å². The number of nitrogens with two attached hydrogens (primary N) is 1. The summed E-state index contributed by atoms with van der Waals surface area (Å²) in [5, 5.41) is 0. The fourth-order valence-corrected chi connectivity index (χ4v) is 4.29. The molecule has 2 N–H and O–H groups in total. The first-order valence-electron chi connectivity index (χ1n) is 9.62. The molecule has 0 unspecified atom stereocenters. The van der Waals surface area contributed by atoms with Crippen molar-refractivity contribution in [2.45, 2.75) is 50.7 Å². The molecule has 6 nitrogen and oxygen atoms in total. The molecule has 140 valence electrons. The third-order valence-corrected chi connectivity index (χ3v) is 5.89. The van der Waals surface area contributed by atoms with Gasteiger partial charge in [-0.25, -0.2) is 0 Å². The molecular formula is C21H24N4O2. The Balaban J connectivity index is 1.23. The number of imidazole rings is 1. The molecule has 2 aromatic heterocycles. The van der Waals surface area contributed by atoms with Crippen molar-refractivity contribution in [2.75, 3.05) is 12.3 Å². The predicted octanol–water partition coefficient (Wildman–Crippen LogP) is 3.69. The van der Waals surface area contributed by atoms with Crippen molar-refractivity contribution < 1.29 is 9.47 Å². The second kappa shape index (κ2) is 6.15. The van der Waals surface area contributed by atoms with Crippen molar-refractivity contribution in [3.05, 3.63) is 42.2 Å². The van der Waals surface area contributed by atoms with Crippen LogP contribution in [0.25, 0.3) is 11.0 Å². The van der Waals surface area contributed by atoms with Crippen LogP contribution < -0.4 is 15.2 Å². The SMILES string of the molecule is CC1(c2ccc(OC[C@@H]3Cn4c(nc5cc(N)ccc54)O3)cn2)CCCC1. The van der Waals surface area contributed by atoms with E-state index in [1.165, 1.54) is 31.4 Å². The predicted molar refractivity (Wildman–Crippen MR) is 104 cm³/mol. The molecule has 1 saturated carbocycles. The highest BCUT2D eigenvalue weighted by Gasteiger charge is 2.32. The van der Waals surface area contributed by atoms with Gasteiger partial charge in [0.25, 0.3) is 6.01 Å². The topological polar surface area (TPSA) is 75.2 Å². The summed E-state index contributed by atoms with van der Waals surface area (Å²) in [6, 6.07) is 10.5. The number of fused-ring (bicyclic) bond motifs is 3. The molecule has 2 aliphatic rings. The maximum absolute atomic E-state index is 5.94. The average Bonchev–Trinajstić information content (AvgIpc) is 3.35. The maximum Gasteiger partial charge on any atom is 0.297 e. The van der Waals surface area contributed by atoms with Crippen LogP contribution >= 0.6 is 0 Å². The largest absolute Gasteiger partial charge is 0.488 e. The van der Waals surface area contributed by atoms with Crippen molar-refractivity contribution in [1.82, 2.24) is 14.5 Å². The third-order valence-electron chi connectivity index (χ3n) is 5.89. The Morgan fingerprint density at radius 1 is 1.26 bits per heavy atom. The molecule has 3 aromatic rings. The number of benzene rings is 1. The second-order valence-electron chi connectivity index (χ2n) is 7.95. The number of nitrogen functional groups attached to an aromatic ring is 1. The highest BCUT2D eigenvalue weighted by atomic mass is 16.6. The first-order chi connectivity index (χ1) is 13.1. The first-order valence-corrected chi connectivity index (χ1v) is 9.62. The minimum absolute atomic E-state index is 0.0542. The standard InChI is InChI=1S/C21H24N4O2/c1-21(8-2-3-9-21)19-7-5-15(11-23-19)26-13-16-12-25-18-6-4-14(22)10-17(18)24-20(25)27-16/h4-7,10-11,16H,2-3,8-9,12-13,22H2,1H3/t16-/m0/s1. The van der Waals surface area contributed by atoms with Gasteiger partial charge in [0.15, 0.2) is 6.10 Å². The summed E-state index contributed by atoms with van der Waals surface area (Å²) in [4.78, 5) is 9.18. The molecule has 0 bridgehead atoms. The summed E-state index contributed by atoms with van der Waals surface area (Å²) in [5.41, 5.74) is 9.84. The molecule has 0 spiro atoms. The van der Waals surface area contributed by atoms with Crippen LogP contribution in [0.5, 0.6) is 11.8 Å². The average molecular weight is 364 g/mol. The number of pyridine rings is 1. The summed E-state index contributed by atoms with van der Waals surface area (Å²) >= 11 is 0. The smallest absolute Gasteiger partial charge is 0.297 e. The van der Waals surface area contributed by atoms with Crippen LogP contribution in [0.3, 0.4) is 0 Å². The number of hydrogen-bond acceptors (Lipinski definition) is 5. The lowest BCUT2D eigenvalue weighted by Crippen LogP contribution is -2.24. The van der Waals surface area contributed by atoms with Crippen molar-refractivity contribution in [2.24, 2.45) is 0 Å². The Morgan fingerprint density at radius 3 is 2.89 bits per heavy atom. The van der Waals surface area contributed by atoms with Gasteiger partial charge in [0.05, 0.1) is 23.8 Å². The van der Waals surface area contributed by atoms with Crippen molar-refractivity contribution in [1.29, 1.82) is 0 Å². The van der Waals surface area contributed by atoms with Crippen LogP contribution in [0, 0.1) is 0 Å². The fourth-order valence-electron chi connectivity index (χ4n) is 4.29. The van der Waals surface area contributed by atoms with Crippen LogP contribution in [0.4, 0.5) is 5.69 Å². The highest BCUT2D eigenvalue weighted by molar-refractivity contribution is 5.80. The Morgan fingerprint density at radius 2 is 2.11 bits per heavy atom. The molecule has 0 radical (unpaired) electrons. The van der Waals surface area contributed by atoms with E-state index in [1.54, 1.807) is 0 Å². The third kappa shape index (κ3) is 2.89. The van der Waals surface area contributed by atoms with Crippen molar-refractivity contribution in [3.8, 4) is 11.8 Å². The molecule has 1 aliphatic carbocycles. The molecule has 6 heteroatoms. The van der Waals surface area contributed by atoms with Crippen molar-refractivity contribution >= 4 is 16.7 Å². The van der Waals surface area contributed by atoms with Gasteiger partial charge < -0.3 is 15.2 Å². The van der Waals surface area contributed by atoms with Crippen LogP contribution in [0.2, 0.25) is 0 Å². The van der Waals surface area contributed by atoms with Gasteiger partial charge in [0.1, 0.15) is 12.4 Å². The normalized spacial score (nSPS) is 20.6. The van der Waals surface area contributed by atoms with Crippen LogP contribution in [-0.4, -0.2) is 27.2 Å². The van der Waals surface area contributed by atoms with Gasteiger partial charge in [0.2, 0.25) is 0 Å². The quantitative estimate of drug-likeness (QED) is 0.715. The van der Waals surface area contributed by atoms with Gasteiger partial charge in [-0.15, -0.1) is 0 Å². The van der Waals surface area contributed by atoms with Gasteiger partial charge >= 0.3 is 0 Å². The van der Waals surface area contributed by atoms with E-state index in [9.17, 15) is 0 Å². The summed E-state index contributed by atoms with van der Waals surface area (Å²) in [6.07, 6.45) is 6.82. The molecule has 3 heterocycles. The summed E-state index contributed by atoms with van der Waals surface area (Å²) in [7, 11) is 0. The maximum atomic E-state index is 5.94. The molecule has 1 aromatic carbocycles. The highest BCUT2D eigenvalue weighted by Crippen LogP contribution is 2.39. The van der Waals surface area contributed by atoms with E-state index >= 15 is 0 Å². The summed E-state index contributed by atoms with van der Waals surface area (Å²) in [6.45, 7) is 3.51. The minimum atomic E-state index is -0.0542. The zero-order valence-electron chi connectivity index (χ0n) is 15.5. The minimum Gasteiger partial charge on any atom is -0.488 e. The lowest BCUT2D eigenvalue weighted by Gasteiger charge is -2.22. The van der Waals surface area contributed by atoms with Crippen molar-refractivity contribution in [3.63, 3.8) is 0 Å². The number of ether oxygens (including phenoxy) is 2. The second-order valence-corrected chi connectivity index (χ2v) is 7.95. The van der Waals surface area contributed by atoms with Gasteiger partial charge in [-0.1, -0.05) is 19.8 Å². The Kier molecular flexibility index (Phi) is 3.74. The van der Waals surface area contributed by atoms with Gasteiger partial charge in [-0.3, -0.25) is 9.55 Å². The Bertz CT molecular complexity index is 974. The Hall–Kier alpha value is -2.76. The van der Waals surface area contributed by atoms with E-state index in [4.69, 9.17) is 15.2 Å². The lowest BCUT2D eigenvalue weighted by molar-refractivity contribution is 0.143. The number of nitrogens with zero attached hydrogens (tertiary/aromatic N) is 3. The number of hydrogen-bond donors (Lipinski definition) is 1. The molecule has 5 rings (SSSR count). The zero-order valence-corrected chi connectivity index (χ0v) is 15.5. The molecule has 27 heavy (non-hydrogen) atoms. The summed E-state index contributed by atoms with van der Waals surface area (Å²) < 4.78 is 13.9. The van der Waals surface area contributed by atoms with E-state index in [0.717, 1.165) is 23.3 Å². The molecular weight excluding hydrogens is 340 g/mol. The first kappa shape index (κ1) is 16.4. The Labute approximate surface area is 158 Å². The van der Waals surface area contributed by atoms with E-state index < -0.39 is 0 Å². The number of rotatable bonds is 4. The number of aromatic nitrogens is 3. The zero-order chi connectivity index (χ0) is 18.4. The monoisotopic (exact) mass is 364 g/mol. The molecule has 1 aliphatic heterocycles. The summed E-state index contributed by atoms with van der Waals surface area (Å²) in [5.74, 6) is 0.783. The van der Waals surface area contributed by atoms with E-state index in [1.807, 2.05) is 30.5 Å². The van der Waals surface area contributed by atoms with Crippen LogP contribution in [-0.2, 0) is 12.0 Å². The fraction of sp³-hybridized carbons (Fsp3) is 0.429. The molecule has 1 atom stereocenters.